The van der Waals surface area contributed by atoms with Gasteiger partial charge in [-0.1, -0.05) is 55.1 Å². The molecule has 4 nitrogen and oxygen atoms in total. The Balaban J connectivity index is 1.41. The van der Waals surface area contributed by atoms with Crippen molar-refractivity contribution in [3.8, 4) is 0 Å². The Morgan fingerprint density at radius 2 is 1.64 bits per heavy atom. The molecule has 2 aromatic rings. The van der Waals surface area contributed by atoms with Crippen molar-refractivity contribution >= 4 is 17.5 Å². The van der Waals surface area contributed by atoms with E-state index in [0.29, 0.717) is 17.8 Å². The first kappa shape index (κ1) is 17.0. The van der Waals surface area contributed by atoms with E-state index in [1.165, 1.54) is 10.5 Å². The molecule has 0 bridgehead atoms. The second kappa shape index (κ2) is 7.79. The number of aryl methyl sites for hydroxylation is 1. The molecular formula is C21H22N2O2. The van der Waals surface area contributed by atoms with Crippen molar-refractivity contribution in [3.63, 3.8) is 0 Å². The minimum Gasteiger partial charge on any atom is -0.355 e. The molecule has 4 heteroatoms. The number of hydrogen-bond donors (Lipinski definition) is 1. The molecule has 128 valence electrons. The second-order valence-electron chi connectivity index (χ2n) is 6.18. The average Bonchev–Trinajstić information content (AvgIpc) is 2.88. The molecule has 0 radical (unpaired) electrons. The highest BCUT2D eigenvalue weighted by molar-refractivity contribution is 6.10. The smallest absolute Gasteiger partial charge is 0.259 e. The van der Waals surface area contributed by atoms with Crippen LogP contribution in [0.25, 0.3) is 5.70 Å². The van der Waals surface area contributed by atoms with E-state index in [9.17, 15) is 9.59 Å². The van der Waals surface area contributed by atoms with Crippen molar-refractivity contribution in [2.75, 3.05) is 13.1 Å². The lowest BCUT2D eigenvalue weighted by molar-refractivity contribution is -0.121. The SMILES string of the molecule is C=C1c2ccccc2C(=O)N1CC(=O)NCCCCc1ccccc1. The molecule has 0 fully saturated rings. The van der Waals surface area contributed by atoms with Gasteiger partial charge in [0.15, 0.2) is 0 Å². The lowest BCUT2D eigenvalue weighted by atomic mass is 10.1. The van der Waals surface area contributed by atoms with Crippen LogP contribution in [0, 0.1) is 0 Å². The van der Waals surface area contributed by atoms with E-state index in [1.807, 2.05) is 36.4 Å². The number of carbonyl (C=O) groups is 2. The fourth-order valence-corrected chi connectivity index (χ4v) is 3.03. The average molecular weight is 334 g/mol. The molecule has 25 heavy (non-hydrogen) atoms. The molecule has 2 aromatic carbocycles. The molecule has 3 rings (SSSR count). The monoisotopic (exact) mass is 334 g/mol. The van der Waals surface area contributed by atoms with Crippen molar-refractivity contribution < 1.29 is 9.59 Å². The largest absolute Gasteiger partial charge is 0.355 e. The first-order valence-electron chi connectivity index (χ1n) is 8.57. The normalized spacial score (nSPS) is 13.0. The Kier molecular flexibility index (Phi) is 5.29. The van der Waals surface area contributed by atoms with Crippen LogP contribution in [0.1, 0.15) is 34.3 Å². The Bertz CT molecular complexity index is 748. The molecule has 0 aromatic heterocycles. The van der Waals surface area contributed by atoms with Crippen LogP contribution in [-0.4, -0.2) is 29.8 Å². The highest BCUT2D eigenvalue weighted by Gasteiger charge is 2.31. The van der Waals surface area contributed by atoms with E-state index >= 15 is 0 Å². The minimum absolute atomic E-state index is 0.0189. The van der Waals surface area contributed by atoms with Crippen LogP contribution in [0.2, 0.25) is 0 Å². The minimum atomic E-state index is -0.153. The van der Waals surface area contributed by atoms with Crippen molar-refractivity contribution in [1.29, 1.82) is 0 Å². The number of benzene rings is 2. The van der Waals surface area contributed by atoms with E-state index < -0.39 is 0 Å². The molecule has 0 aliphatic carbocycles. The molecule has 0 unspecified atom stereocenters. The van der Waals surface area contributed by atoms with Gasteiger partial charge in [0.05, 0.1) is 0 Å². The van der Waals surface area contributed by atoms with Crippen molar-refractivity contribution in [2.24, 2.45) is 0 Å². The summed E-state index contributed by atoms with van der Waals surface area (Å²) < 4.78 is 0. The molecule has 1 aliphatic heterocycles. The standard InChI is InChI=1S/C21H22N2O2/c1-16-18-12-5-6-13-19(18)21(25)23(16)15-20(24)22-14-8-7-11-17-9-3-2-4-10-17/h2-6,9-10,12-13H,1,7-8,11,14-15H2,(H,22,24). The summed E-state index contributed by atoms with van der Waals surface area (Å²) in [6.07, 6.45) is 2.94. The summed E-state index contributed by atoms with van der Waals surface area (Å²) in [4.78, 5) is 25.9. The Hall–Kier alpha value is -2.88. The van der Waals surface area contributed by atoms with Gasteiger partial charge in [-0.25, -0.2) is 0 Å². The maximum absolute atomic E-state index is 12.4. The van der Waals surface area contributed by atoms with Gasteiger partial charge in [0, 0.05) is 23.4 Å². The number of amides is 2. The van der Waals surface area contributed by atoms with E-state index in [0.717, 1.165) is 24.8 Å². The number of hydrogen-bond acceptors (Lipinski definition) is 2. The summed E-state index contributed by atoms with van der Waals surface area (Å²) in [5.74, 6) is -0.304. The zero-order valence-electron chi connectivity index (χ0n) is 14.2. The number of fused-ring (bicyclic) bond motifs is 1. The second-order valence-corrected chi connectivity index (χ2v) is 6.18. The maximum Gasteiger partial charge on any atom is 0.259 e. The highest BCUT2D eigenvalue weighted by Crippen LogP contribution is 2.30. The van der Waals surface area contributed by atoms with Gasteiger partial charge >= 0.3 is 0 Å². The molecule has 0 spiro atoms. The van der Waals surface area contributed by atoms with E-state index in [4.69, 9.17) is 0 Å². The van der Waals surface area contributed by atoms with E-state index in [2.05, 4.69) is 24.0 Å². The lowest BCUT2D eigenvalue weighted by Gasteiger charge is -2.16. The maximum atomic E-state index is 12.4. The van der Waals surface area contributed by atoms with Gasteiger partial charge in [0.1, 0.15) is 6.54 Å². The van der Waals surface area contributed by atoms with Crippen molar-refractivity contribution in [3.05, 3.63) is 77.9 Å². The molecule has 0 saturated heterocycles. The quantitative estimate of drug-likeness (QED) is 0.790. The zero-order valence-corrected chi connectivity index (χ0v) is 14.2. The summed E-state index contributed by atoms with van der Waals surface area (Å²) in [5.41, 5.74) is 3.33. The van der Waals surface area contributed by atoms with Crippen LogP contribution < -0.4 is 5.32 Å². The Labute approximate surface area is 148 Å². The summed E-state index contributed by atoms with van der Waals surface area (Å²) in [6, 6.07) is 17.6. The third-order valence-corrected chi connectivity index (χ3v) is 4.40. The summed E-state index contributed by atoms with van der Waals surface area (Å²) in [5, 5.41) is 2.89. The van der Waals surface area contributed by atoms with Crippen LogP contribution in [0.3, 0.4) is 0 Å². The summed E-state index contributed by atoms with van der Waals surface area (Å²) in [6.45, 7) is 4.59. The molecule has 1 N–H and O–H groups in total. The third-order valence-electron chi connectivity index (χ3n) is 4.40. The van der Waals surface area contributed by atoms with Crippen molar-refractivity contribution in [1.82, 2.24) is 10.2 Å². The number of nitrogens with zero attached hydrogens (tertiary/aromatic N) is 1. The van der Waals surface area contributed by atoms with Crippen LogP contribution in [0.4, 0.5) is 0 Å². The van der Waals surface area contributed by atoms with E-state index in [1.54, 1.807) is 6.07 Å². The fraction of sp³-hybridized carbons (Fsp3) is 0.238. The molecule has 1 heterocycles. The first-order chi connectivity index (χ1) is 12.2. The summed E-state index contributed by atoms with van der Waals surface area (Å²) in [7, 11) is 0. The third kappa shape index (κ3) is 3.97. The van der Waals surface area contributed by atoms with Crippen LogP contribution in [0.15, 0.2) is 61.2 Å². The van der Waals surface area contributed by atoms with Crippen molar-refractivity contribution in [2.45, 2.75) is 19.3 Å². The van der Waals surface area contributed by atoms with Gasteiger partial charge < -0.3 is 5.32 Å². The van der Waals surface area contributed by atoms with E-state index in [-0.39, 0.29) is 18.4 Å². The molecule has 1 aliphatic rings. The Morgan fingerprint density at radius 1 is 0.960 bits per heavy atom. The highest BCUT2D eigenvalue weighted by atomic mass is 16.2. The fourth-order valence-electron chi connectivity index (χ4n) is 3.03. The van der Waals surface area contributed by atoms with Crippen LogP contribution in [-0.2, 0) is 11.2 Å². The molecule has 0 atom stereocenters. The first-order valence-corrected chi connectivity index (χ1v) is 8.57. The van der Waals surface area contributed by atoms with Gasteiger partial charge in [-0.15, -0.1) is 0 Å². The van der Waals surface area contributed by atoms with Gasteiger partial charge in [-0.2, -0.15) is 0 Å². The molecular weight excluding hydrogens is 312 g/mol. The molecule has 2 amide bonds. The number of carbonyl (C=O) groups excluding carboxylic acids is 2. The Morgan fingerprint density at radius 3 is 2.36 bits per heavy atom. The number of rotatable bonds is 7. The lowest BCUT2D eigenvalue weighted by Crippen LogP contribution is -2.37. The zero-order chi connectivity index (χ0) is 17.6. The van der Waals surface area contributed by atoms with Crippen LogP contribution >= 0.6 is 0 Å². The van der Waals surface area contributed by atoms with Gasteiger partial charge in [-0.3, -0.25) is 14.5 Å². The topological polar surface area (TPSA) is 49.4 Å². The van der Waals surface area contributed by atoms with Gasteiger partial charge in [0.2, 0.25) is 5.91 Å². The predicted octanol–water partition coefficient (Wildman–Crippen LogP) is 3.25. The number of nitrogens with one attached hydrogen (secondary N) is 1. The molecule has 0 saturated carbocycles. The van der Waals surface area contributed by atoms with Crippen LogP contribution in [0.5, 0.6) is 0 Å². The number of unbranched alkanes of at least 4 members (excludes halogenated alkanes) is 1. The van der Waals surface area contributed by atoms with Gasteiger partial charge in [-0.05, 0) is 30.9 Å². The van der Waals surface area contributed by atoms with Gasteiger partial charge in [0.25, 0.3) is 5.91 Å². The summed E-state index contributed by atoms with van der Waals surface area (Å²) >= 11 is 0. The predicted molar refractivity (Wildman–Crippen MR) is 98.9 cm³/mol.